The van der Waals surface area contributed by atoms with Crippen molar-refractivity contribution < 1.29 is 4.79 Å². The molecule has 1 aromatic carbocycles. The standard InChI is InChI=1S/C17H16OS2/c1-9-7-10(2)12(4)16(11(9)3)17(18)15-8-14-13(20-15)5-6-19-14/h5-8H,1-4H3. The maximum atomic E-state index is 12.9. The molecule has 0 atom stereocenters. The van der Waals surface area contributed by atoms with Crippen LogP contribution in [0.1, 0.15) is 37.5 Å². The maximum absolute atomic E-state index is 12.9. The van der Waals surface area contributed by atoms with Crippen LogP contribution < -0.4 is 0 Å². The molecule has 20 heavy (non-hydrogen) atoms. The van der Waals surface area contributed by atoms with E-state index in [1.807, 2.05) is 19.9 Å². The summed E-state index contributed by atoms with van der Waals surface area (Å²) in [6, 6.07) is 6.28. The summed E-state index contributed by atoms with van der Waals surface area (Å²) >= 11 is 3.29. The fraction of sp³-hybridized carbons (Fsp3) is 0.235. The lowest BCUT2D eigenvalue weighted by atomic mass is 9.91. The van der Waals surface area contributed by atoms with Gasteiger partial charge in [-0.2, -0.15) is 0 Å². The second kappa shape index (κ2) is 4.83. The van der Waals surface area contributed by atoms with Gasteiger partial charge in [0, 0.05) is 15.0 Å². The molecular weight excluding hydrogens is 284 g/mol. The summed E-state index contributed by atoms with van der Waals surface area (Å²) in [6.45, 7) is 8.24. The number of carbonyl (C=O) groups is 1. The van der Waals surface area contributed by atoms with E-state index in [-0.39, 0.29) is 5.78 Å². The molecule has 0 fully saturated rings. The summed E-state index contributed by atoms with van der Waals surface area (Å²) in [5.74, 6) is 0.167. The van der Waals surface area contributed by atoms with Crippen molar-refractivity contribution in [1.29, 1.82) is 0 Å². The Morgan fingerprint density at radius 2 is 1.60 bits per heavy atom. The number of aryl methyl sites for hydroxylation is 2. The number of fused-ring (bicyclic) bond motifs is 1. The number of hydrogen-bond donors (Lipinski definition) is 0. The monoisotopic (exact) mass is 300 g/mol. The Bertz CT molecular complexity index is 766. The zero-order valence-corrected chi connectivity index (χ0v) is 13.7. The third-order valence-electron chi connectivity index (χ3n) is 3.96. The van der Waals surface area contributed by atoms with Crippen LogP contribution in [0.15, 0.2) is 23.6 Å². The van der Waals surface area contributed by atoms with E-state index in [9.17, 15) is 4.79 Å². The number of ketones is 1. The van der Waals surface area contributed by atoms with Crippen LogP contribution in [-0.4, -0.2) is 5.78 Å². The van der Waals surface area contributed by atoms with Crippen LogP contribution >= 0.6 is 22.7 Å². The first-order valence-electron chi connectivity index (χ1n) is 6.58. The quantitative estimate of drug-likeness (QED) is 0.577. The third kappa shape index (κ3) is 2.02. The molecule has 0 aliphatic heterocycles. The highest BCUT2D eigenvalue weighted by Gasteiger charge is 2.19. The second-order valence-electron chi connectivity index (χ2n) is 5.22. The van der Waals surface area contributed by atoms with Crippen molar-refractivity contribution in [2.45, 2.75) is 27.7 Å². The summed E-state index contributed by atoms with van der Waals surface area (Å²) in [5, 5.41) is 2.07. The predicted molar refractivity (Wildman–Crippen MR) is 88.5 cm³/mol. The van der Waals surface area contributed by atoms with E-state index >= 15 is 0 Å². The number of benzene rings is 1. The van der Waals surface area contributed by atoms with Crippen molar-refractivity contribution in [3.05, 3.63) is 56.3 Å². The maximum Gasteiger partial charge on any atom is 0.203 e. The zero-order chi connectivity index (χ0) is 14.4. The molecule has 0 saturated heterocycles. The van der Waals surface area contributed by atoms with Gasteiger partial charge in [0.2, 0.25) is 5.78 Å². The minimum Gasteiger partial charge on any atom is -0.288 e. The zero-order valence-electron chi connectivity index (χ0n) is 12.0. The van der Waals surface area contributed by atoms with Gasteiger partial charge in [0.25, 0.3) is 0 Å². The molecule has 0 spiro atoms. The van der Waals surface area contributed by atoms with E-state index in [1.165, 1.54) is 20.5 Å². The van der Waals surface area contributed by atoms with Crippen molar-refractivity contribution in [3.63, 3.8) is 0 Å². The SMILES string of the molecule is Cc1cc(C)c(C)c(C(=O)c2cc3sccc3s2)c1C. The minimum absolute atomic E-state index is 0.167. The molecule has 0 amide bonds. The van der Waals surface area contributed by atoms with Crippen LogP contribution in [0.25, 0.3) is 9.40 Å². The van der Waals surface area contributed by atoms with Crippen LogP contribution in [0.2, 0.25) is 0 Å². The summed E-state index contributed by atoms with van der Waals surface area (Å²) in [4.78, 5) is 13.7. The highest BCUT2D eigenvalue weighted by Crippen LogP contribution is 2.33. The van der Waals surface area contributed by atoms with Gasteiger partial charge in [-0.3, -0.25) is 4.79 Å². The topological polar surface area (TPSA) is 17.1 Å². The number of thiophene rings is 2. The number of rotatable bonds is 2. The second-order valence-corrected chi connectivity index (χ2v) is 7.26. The molecule has 0 saturated carbocycles. The van der Waals surface area contributed by atoms with Crippen molar-refractivity contribution in [1.82, 2.24) is 0 Å². The number of hydrogen-bond acceptors (Lipinski definition) is 3. The molecular formula is C17H16OS2. The Hall–Kier alpha value is -1.45. The van der Waals surface area contributed by atoms with Crippen molar-refractivity contribution in [2.75, 3.05) is 0 Å². The van der Waals surface area contributed by atoms with E-state index < -0.39 is 0 Å². The molecule has 1 nitrogen and oxygen atoms in total. The van der Waals surface area contributed by atoms with Crippen LogP contribution in [0.3, 0.4) is 0 Å². The molecule has 102 valence electrons. The van der Waals surface area contributed by atoms with Crippen LogP contribution in [0.4, 0.5) is 0 Å². The summed E-state index contributed by atoms with van der Waals surface area (Å²) in [6.07, 6.45) is 0. The van der Waals surface area contributed by atoms with Gasteiger partial charge in [-0.25, -0.2) is 0 Å². The molecule has 0 unspecified atom stereocenters. The van der Waals surface area contributed by atoms with E-state index in [2.05, 4.69) is 31.4 Å². The molecule has 0 radical (unpaired) electrons. The Morgan fingerprint density at radius 3 is 2.20 bits per heavy atom. The van der Waals surface area contributed by atoms with Crippen LogP contribution in [0, 0.1) is 27.7 Å². The molecule has 0 aliphatic rings. The van der Waals surface area contributed by atoms with E-state index in [1.54, 1.807) is 22.7 Å². The Morgan fingerprint density at radius 1 is 0.950 bits per heavy atom. The highest BCUT2D eigenvalue weighted by molar-refractivity contribution is 7.28. The smallest absolute Gasteiger partial charge is 0.203 e. The molecule has 0 aliphatic carbocycles. The summed E-state index contributed by atoms with van der Waals surface area (Å²) < 4.78 is 2.41. The lowest BCUT2D eigenvalue weighted by molar-refractivity contribution is 0.104. The Kier molecular flexibility index (Phi) is 3.27. The first kappa shape index (κ1) is 13.5. The van der Waals surface area contributed by atoms with Crippen molar-refractivity contribution in [3.8, 4) is 0 Å². The van der Waals surface area contributed by atoms with E-state index in [0.717, 1.165) is 21.6 Å². The molecule has 0 N–H and O–H groups in total. The lowest BCUT2D eigenvalue weighted by Gasteiger charge is -2.13. The molecule has 3 aromatic rings. The van der Waals surface area contributed by atoms with Gasteiger partial charge in [-0.05, 0) is 67.5 Å². The summed E-state index contributed by atoms with van der Waals surface area (Å²) in [7, 11) is 0. The van der Waals surface area contributed by atoms with Gasteiger partial charge in [0.15, 0.2) is 0 Å². The van der Waals surface area contributed by atoms with Gasteiger partial charge in [-0.1, -0.05) is 6.07 Å². The van der Waals surface area contributed by atoms with Gasteiger partial charge >= 0.3 is 0 Å². The first-order valence-corrected chi connectivity index (χ1v) is 8.28. The summed E-state index contributed by atoms with van der Waals surface area (Å²) in [5.41, 5.74) is 5.48. The van der Waals surface area contributed by atoms with Gasteiger partial charge in [0.05, 0.1) is 4.88 Å². The van der Waals surface area contributed by atoms with Crippen molar-refractivity contribution in [2.24, 2.45) is 0 Å². The molecule has 0 bridgehead atoms. The highest BCUT2D eigenvalue weighted by atomic mass is 32.1. The Labute approximate surface area is 126 Å². The minimum atomic E-state index is 0.167. The van der Waals surface area contributed by atoms with Gasteiger partial charge < -0.3 is 0 Å². The first-order chi connectivity index (χ1) is 9.49. The third-order valence-corrected chi connectivity index (χ3v) is 6.05. The van der Waals surface area contributed by atoms with Gasteiger partial charge in [-0.15, -0.1) is 22.7 Å². The normalized spacial score (nSPS) is 11.2. The number of carbonyl (C=O) groups excluding carboxylic acids is 1. The van der Waals surface area contributed by atoms with Crippen LogP contribution in [0.5, 0.6) is 0 Å². The molecule has 2 heterocycles. The van der Waals surface area contributed by atoms with Gasteiger partial charge in [0.1, 0.15) is 0 Å². The lowest BCUT2D eigenvalue weighted by Crippen LogP contribution is -2.07. The average molecular weight is 300 g/mol. The molecule has 3 heteroatoms. The fourth-order valence-electron chi connectivity index (χ4n) is 2.56. The van der Waals surface area contributed by atoms with E-state index in [0.29, 0.717) is 0 Å². The van der Waals surface area contributed by atoms with Crippen LogP contribution in [-0.2, 0) is 0 Å². The molecule has 3 rings (SSSR count). The van der Waals surface area contributed by atoms with E-state index in [4.69, 9.17) is 0 Å². The fourth-order valence-corrected chi connectivity index (χ4v) is 4.61. The Balaban J connectivity index is 2.17. The average Bonchev–Trinajstić information content (AvgIpc) is 2.97. The largest absolute Gasteiger partial charge is 0.288 e. The predicted octanol–water partition coefficient (Wildman–Crippen LogP) is 5.43. The van der Waals surface area contributed by atoms with Crippen molar-refractivity contribution >= 4 is 37.9 Å². The molecule has 2 aromatic heterocycles.